The highest BCUT2D eigenvalue weighted by molar-refractivity contribution is 4.72. The molecule has 1 rings (SSSR count). The smallest absolute Gasteiger partial charge is 0.0793 e. The molecule has 0 spiro atoms. The Morgan fingerprint density at radius 1 is 0.667 bits per heavy atom. The monoisotopic (exact) mass is 386 g/mol. The summed E-state index contributed by atoms with van der Waals surface area (Å²) < 4.78 is 0. The van der Waals surface area contributed by atoms with Crippen molar-refractivity contribution in [1.82, 2.24) is 20.4 Å². The van der Waals surface area contributed by atoms with E-state index < -0.39 is 0 Å². The molecule has 0 amide bonds. The van der Waals surface area contributed by atoms with Crippen molar-refractivity contribution >= 4 is 0 Å². The van der Waals surface area contributed by atoms with Gasteiger partial charge in [-0.05, 0) is 25.9 Å². The highest BCUT2D eigenvalue weighted by Crippen LogP contribution is 2.10. The molecule has 1 fully saturated rings. The van der Waals surface area contributed by atoms with Crippen molar-refractivity contribution in [2.24, 2.45) is 11.5 Å². The van der Waals surface area contributed by atoms with E-state index in [2.05, 4.69) is 20.4 Å². The zero-order chi connectivity index (χ0) is 19.6. The number of nitrogens with one attached hydrogen (secondary N) is 2. The number of nitrogens with zero attached hydrogens (tertiary/aromatic N) is 2. The molecule has 0 atom stereocenters. The third kappa shape index (κ3) is 14.4. The van der Waals surface area contributed by atoms with Crippen molar-refractivity contribution < 1.29 is 5.11 Å². The molecule has 0 aromatic rings. The van der Waals surface area contributed by atoms with E-state index in [-0.39, 0.29) is 6.10 Å². The van der Waals surface area contributed by atoms with Crippen LogP contribution < -0.4 is 22.1 Å². The fraction of sp³-hybridized carbons (Fsp3) is 1.00. The first-order valence-electron chi connectivity index (χ1n) is 11.2. The largest absolute Gasteiger partial charge is 0.390 e. The lowest BCUT2D eigenvalue weighted by Gasteiger charge is -2.30. The summed E-state index contributed by atoms with van der Waals surface area (Å²) in [4.78, 5) is 4.84. The second-order valence-corrected chi connectivity index (χ2v) is 7.81. The first kappa shape index (κ1) is 24.8. The molecule has 0 radical (unpaired) electrons. The molecule has 0 aliphatic carbocycles. The number of aliphatic hydroxyl groups excluding tert-OH is 1. The van der Waals surface area contributed by atoms with Gasteiger partial charge >= 0.3 is 0 Å². The average molecular weight is 387 g/mol. The van der Waals surface area contributed by atoms with Crippen LogP contribution in [0.4, 0.5) is 0 Å². The lowest BCUT2D eigenvalue weighted by Crippen LogP contribution is -2.45. The van der Waals surface area contributed by atoms with Crippen LogP contribution in [0.3, 0.4) is 0 Å². The van der Waals surface area contributed by atoms with Gasteiger partial charge in [0, 0.05) is 65.4 Å². The van der Waals surface area contributed by atoms with Crippen molar-refractivity contribution in [2.75, 3.05) is 78.5 Å². The van der Waals surface area contributed by atoms with Gasteiger partial charge in [-0.25, -0.2) is 0 Å². The molecule has 0 aromatic heterocycles. The van der Waals surface area contributed by atoms with Crippen LogP contribution >= 0.6 is 0 Å². The van der Waals surface area contributed by atoms with Crippen LogP contribution in [0.2, 0.25) is 0 Å². The quantitative estimate of drug-likeness (QED) is 0.331. The first-order valence-corrected chi connectivity index (χ1v) is 11.2. The molecule has 7 heteroatoms. The van der Waals surface area contributed by atoms with Crippen molar-refractivity contribution in [2.45, 2.75) is 51.0 Å². The lowest BCUT2D eigenvalue weighted by molar-refractivity contribution is 0.0723. The molecular weight excluding hydrogens is 340 g/mol. The summed E-state index contributed by atoms with van der Waals surface area (Å²) in [6, 6.07) is 0. The molecular formula is C20H46N6O. The van der Waals surface area contributed by atoms with E-state index in [4.69, 9.17) is 11.5 Å². The number of β-amino-alcohol motifs (C(OH)–C–C–N with tert-alkyl or cyclic N) is 1. The SMILES string of the molecule is NCCNCCN1CCCCCCCCCN(CCNCCN)CC(O)C1. The van der Waals surface area contributed by atoms with E-state index in [1.165, 1.54) is 44.9 Å². The van der Waals surface area contributed by atoms with E-state index in [9.17, 15) is 5.11 Å². The Labute approximate surface area is 167 Å². The van der Waals surface area contributed by atoms with Gasteiger partial charge in [-0.2, -0.15) is 0 Å². The van der Waals surface area contributed by atoms with Crippen LogP contribution in [-0.2, 0) is 0 Å². The van der Waals surface area contributed by atoms with Gasteiger partial charge in [-0.3, -0.25) is 9.80 Å². The van der Waals surface area contributed by atoms with E-state index in [1.54, 1.807) is 0 Å². The zero-order valence-corrected chi connectivity index (χ0v) is 17.5. The lowest BCUT2D eigenvalue weighted by atomic mass is 10.1. The average Bonchev–Trinajstić information content (AvgIpc) is 2.66. The normalized spacial score (nSPS) is 20.6. The summed E-state index contributed by atoms with van der Waals surface area (Å²) in [5, 5.41) is 17.4. The van der Waals surface area contributed by atoms with Crippen LogP contribution in [-0.4, -0.2) is 99.5 Å². The molecule has 1 saturated heterocycles. The van der Waals surface area contributed by atoms with E-state index in [0.29, 0.717) is 13.1 Å². The van der Waals surface area contributed by atoms with Crippen LogP contribution in [0, 0.1) is 0 Å². The summed E-state index contributed by atoms with van der Waals surface area (Å²) in [6.45, 7) is 10.6. The van der Waals surface area contributed by atoms with E-state index >= 15 is 0 Å². The van der Waals surface area contributed by atoms with Crippen molar-refractivity contribution in [3.8, 4) is 0 Å². The highest BCUT2D eigenvalue weighted by Gasteiger charge is 2.16. The minimum atomic E-state index is -0.294. The molecule has 27 heavy (non-hydrogen) atoms. The van der Waals surface area contributed by atoms with Gasteiger partial charge in [0.1, 0.15) is 0 Å². The maximum absolute atomic E-state index is 10.7. The van der Waals surface area contributed by atoms with Gasteiger partial charge in [-0.15, -0.1) is 0 Å². The summed E-state index contributed by atoms with van der Waals surface area (Å²) in [6.07, 6.45) is 8.83. The van der Waals surface area contributed by atoms with Gasteiger partial charge in [-0.1, -0.05) is 32.1 Å². The number of hydrogen-bond donors (Lipinski definition) is 5. The molecule has 7 nitrogen and oxygen atoms in total. The van der Waals surface area contributed by atoms with E-state index in [1.807, 2.05) is 0 Å². The third-order valence-electron chi connectivity index (χ3n) is 5.24. The summed E-state index contributed by atoms with van der Waals surface area (Å²) in [7, 11) is 0. The maximum atomic E-state index is 10.7. The standard InChI is InChI=1S/C20H46N6O/c21-8-10-23-12-16-25-14-6-4-2-1-3-5-7-15-26(19-20(27)18-25)17-13-24-11-9-22/h20,23-24,27H,1-19,21-22H2. The molecule has 1 aliphatic heterocycles. The predicted molar refractivity (Wildman–Crippen MR) is 115 cm³/mol. The van der Waals surface area contributed by atoms with Gasteiger partial charge < -0.3 is 27.2 Å². The van der Waals surface area contributed by atoms with Crippen LogP contribution in [0.1, 0.15) is 44.9 Å². The van der Waals surface area contributed by atoms with Crippen molar-refractivity contribution in [1.29, 1.82) is 0 Å². The second-order valence-electron chi connectivity index (χ2n) is 7.81. The summed E-state index contributed by atoms with van der Waals surface area (Å²) in [5.41, 5.74) is 11.1. The molecule has 1 aliphatic rings. The van der Waals surface area contributed by atoms with Crippen LogP contribution in [0.25, 0.3) is 0 Å². The Hall–Kier alpha value is -0.280. The number of aliphatic hydroxyl groups is 1. The summed E-state index contributed by atoms with van der Waals surface area (Å²) in [5.74, 6) is 0. The number of rotatable bonds is 10. The molecule has 0 aromatic carbocycles. The Bertz CT molecular complexity index is 293. The van der Waals surface area contributed by atoms with Gasteiger partial charge in [0.2, 0.25) is 0 Å². The first-order chi connectivity index (χ1) is 13.3. The molecule has 0 unspecified atom stereocenters. The fourth-order valence-electron chi connectivity index (χ4n) is 3.73. The highest BCUT2D eigenvalue weighted by atomic mass is 16.3. The molecule has 0 saturated carbocycles. The molecule has 1 heterocycles. The van der Waals surface area contributed by atoms with Crippen molar-refractivity contribution in [3.63, 3.8) is 0 Å². The molecule has 162 valence electrons. The molecule has 0 bridgehead atoms. The van der Waals surface area contributed by atoms with Gasteiger partial charge in [0.25, 0.3) is 0 Å². The Morgan fingerprint density at radius 2 is 1.07 bits per heavy atom. The van der Waals surface area contributed by atoms with Crippen LogP contribution in [0.15, 0.2) is 0 Å². The minimum absolute atomic E-state index is 0.294. The second kappa shape index (κ2) is 17.8. The summed E-state index contributed by atoms with van der Waals surface area (Å²) >= 11 is 0. The van der Waals surface area contributed by atoms with Gasteiger partial charge in [0.15, 0.2) is 0 Å². The topological polar surface area (TPSA) is 103 Å². The Kier molecular flexibility index (Phi) is 16.3. The van der Waals surface area contributed by atoms with Crippen LogP contribution in [0.5, 0.6) is 0 Å². The third-order valence-corrected chi connectivity index (χ3v) is 5.24. The maximum Gasteiger partial charge on any atom is 0.0793 e. The molecule has 7 N–H and O–H groups in total. The Morgan fingerprint density at radius 3 is 1.48 bits per heavy atom. The van der Waals surface area contributed by atoms with Crippen molar-refractivity contribution in [3.05, 3.63) is 0 Å². The fourth-order valence-corrected chi connectivity index (χ4v) is 3.73. The number of nitrogens with two attached hydrogens (primary N) is 2. The van der Waals surface area contributed by atoms with E-state index in [0.717, 1.165) is 65.4 Å². The van der Waals surface area contributed by atoms with Gasteiger partial charge in [0.05, 0.1) is 6.10 Å². The predicted octanol–water partition coefficient (Wildman–Crippen LogP) is -0.208. The number of hydrogen-bond acceptors (Lipinski definition) is 7. The Balaban J connectivity index is 2.48. The minimum Gasteiger partial charge on any atom is -0.390 e. The zero-order valence-electron chi connectivity index (χ0n) is 17.5.